The highest BCUT2D eigenvalue weighted by Gasteiger charge is 2.34. The summed E-state index contributed by atoms with van der Waals surface area (Å²) >= 11 is 1.97. The van der Waals surface area contributed by atoms with Gasteiger partial charge in [0.1, 0.15) is 0 Å². The maximum absolute atomic E-state index is 5.79. The lowest BCUT2D eigenvalue weighted by atomic mass is 9.70. The molecule has 2 aromatic carbocycles. The summed E-state index contributed by atoms with van der Waals surface area (Å²) in [6.45, 7) is 11.2. The molecule has 1 fully saturated rings. The van der Waals surface area contributed by atoms with Crippen molar-refractivity contribution in [3.05, 3.63) is 75.5 Å². The maximum atomic E-state index is 5.79. The number of nitrogens with one attached hydrogen (secondary N) is 1. The van der Waals surface area contributed by atoms with Gasteiger partial charge in [0.15, 0.2) is 11.5 Å². The van der Waals surface area contributed by atoms with Crippen LogP contribution in [-0.4, -0.2) is 51.9 Å². The molecule has 1 aromatic heterocycles. The monoisotopic (exact) mass is 606 g/mol. The number of benzene rings is 2. The van der Waals surface area contributed by atoms with Crippen LogP contribution in [-0.2, 0) is 19.4 Å². The van der Waals surface area contributed by atoms with Crippen LogP contribution in [0.4, 0.5) is 0 Å². The zero-order valence-corrected chi connectivity index (χ0v) is 28.2. The minimum absolute atomic E-state index is 0.238. The molecule has 2 unspecified atom stereocenters. The fourth-order valence-electron chi connectivity index (χ4n) is 6.60. The van der Waals surface area contributed by atoms with E-state index in [9.17, 15) is 0 Å². The Morgan fingerprint density at radius 2 is 1.65 bits per heavy atom. The van der Waals surface area contributed by atoms with Crippen LogP contribution in [0, 0.1) is 5.41 Å². The SMILES string of the molecule is CCC(C)(C)C(CC1CN(Cc2ccc(OC)c(OC)c2OC)CCN1)c1ccsc1CCCCCCc1ccccc1. The van der Waals surface area contributed by atoms with Crippen molar-refractivity contribution >= 4 is 11.3 Å². The molecule has 1 aliphatic heterocycles. The second-order valence-corrected chi connectivity index (χ2v) is 13.7. The maximum Gasteiger partial charge on any atom is 0.203 e. The van der Waals surface area contributed by atoms with Crippen LogP contribution in [0.1, 0.15) is 86.8 Å². The van der Waals surface area contributed by atoms with Crippen molar-refractivity contribution in [1.29, 1.82) is 0 Å². The minimum atomic E-state index is 0.238. The second-order valence-electron chi connectivity index (χ2n) is 12.7. The van der Waals surface area contributed by atoms with Crippen molar-refractivity contribution in [2.45, 2.75) is 90.6 Å². The third-order valence-corrected chi connectivity index (χ3v) is 10.5. The summed E-state index contributed by atoms with van der Waals surface area (Å²) in [5, 5.41) is 6.21. The number of aryl methyl sites for hydroxylation is 2. The third kappa shape index (κ3) is 8.99. The van der Waals surface area contributed by atoms with E-state index in [-0.39, 0.29) is 5.41 Å². The van der Waals surface area contributed by atoms with Gasteiger partial charge in [-0.15, -0.1) is 11.3 Å². The van der Waals surface area contributed by atoms with Crippen molar-refractivity contribution in [2.24, 2.45) is 5.41 Å². The summed E-state index contributed by atoms with van der Waals surface area (Å²) in [7, 11) is 5.05. The fraction of sp³-hybridized carbons (Fsp3) is 0.568. The molecular formula is C37H54N2O3S. The molecule has 5 nitrogen and oxygen atoms in total. The first-order valence-electron chi connectivity index (χ1n) is 16.2. The van der Waals surface area contributed by atoms with E-state index < -0.39 is 0 Å². The van der Waals surface area contributed by atoms with Crippen molar-refractivity contribution in [3.63, 3.8) is 0 Å². The van der Waals surface area contributed by atoms with E-state index in [1.165, 1.54) is 50.5 Å². The van der Waals surface area contributed by atoms with E-state index in [1.54, 1.807) is 31.8 Å². The lowest BCUT2D eigenvalue weighted by Crippen LogP contribution is -2.51. The van der Waals surface area contributed by atoms with Gasteiger partial charge in [0.25, 0.3) is 0 Å². The Labute approximate surface area is 264 Å². The Balaban J connectivity index is 1.37. The lowest BCUT2D eigenvalue weighted by Gasteiger charge is -2.40. The summed E-state index contributed by atoms with van der Waals surface area (Å²) in [5.41, 5.74) is 4.43. The molecule has 0 bridgehead atoms. The van der Waals surface area contributed by atoms with Crippen LogP contribution < -0.4 is 19.5 Å². The van der Waals surface area contributed by atoms with Gasteiger partial charge in [0.05, 0.1) is 21.3 Å². The summed E-state index contributed by atoms with van der Waals surface area (Å²) < 4.78 is 16.9. The Kier molecular flexibility index (Phi) is 12.8. The highest BCUT2D eigenvalue weighted by atomic mass is 32.1. The third-order valence-electron chi connectivity index (χ3n) is 9.51. The van der Waals surface area contributed by atoms with Gasteiger partial charge in [-0.1, -0.05) is 76.4 Å². The molecule has 0 amide bonds. The zero-order chi connectivity index (χ0) is 30.7. The molecule has 0 aliphatic carbocycles. The van der Waals surface area contributed by atoms with Gasteiger partial charge < -0.3 is 19.5 Å². The van der Waals surface area contributed by atoms with Gasteiger partial charge in [0, 0.05) is 42.7 Å². The molecule has 1 aliphatic rings. The van der Waals surface area contributed by atoms with Crippen molar-refractivity contribution in [1.82, 2.24) is 10.2 Å². The predicted octanol–water partition coefficient (Wildman–Crippen LogP) is 8.50. The lowest BCUT2D eigenvalue weighted by molar-refractivity contribution is 0.159. The molecule has 0 saturated carbocycles. The summed E-state index contributed by atoms with van der Waals surface area (Å²) in [5.74, 6) is 2.67. The standard InChI is InChI=1S/C37H54N2O3S/c1-7-37(2,3)32(31-21-24-43-34(31)18-14-9-8-11-15-28-16-12-10-13-17-28)25-30-27-39(23-22-38-30)26-29-19-20-33(40-4)36(42-6)35(29)41-5/h10,12-13,16-17,19-21,24,30,32,38H,7-9,11,14-15,18,22-23,25-27H2,1-6H3. The number of unbranched alkanes of at least 4 members (excludes halogenated alkanes) is 3. The first-order chi connectivity index (χ1) is 20.9. The first-order valence-corrected chi connectivity index (χ1v) is 17.1. The molecule has 0 spiro atoms. The molecule has 6 heteroatoms. The number of hydrogen-bond donors (Lipinski definition) is 1. The summed E-state index contributed by atoms with van der Waals surface area (Å²) in [6.07, 6.45) is 9.92. The first kappa shape index (κ1) is 33.4. The molecule has 1 saturated heterocycles. The van der Waals surface area contributed by atoms with Gasteiger partial charge in [-0.2, -0.15) is 0 Å². The topological polar surface area (TPSA) is 43.0 Å². The van der Waals surface area contributed by atoms with Gasteiger partial charge in [0.2, 0.25) is 5.75 Å². The summed E-state index contributed by atoms with van der Waals surface area (Å²) in [6, 6.07) is 17.9. The molecule has 0 radical (unpaired) electrons. The van der Waals surface area contributed by atoms with E-state index in [1.807, 2.05) is 17.4 Å². The molecule has 2 atom stereocenters. The Bertz CT molecular complexity index is 1240. The van der Waals surface area contributed by atoms with Crippen LogP contribution in [0.5, 0.6) is 17.2 Å². The van der Waals surface area contributed by atoms with E-state index in [2.05, 4.69) is 78.8 Å². The Hall–Kier alpha value is -2.54. The molecule has 3 aromatic rings. The van der Waals surface area contributed by atoms with E-state index in [4.69, 9.17) is 14.2 Å². The van der Waals surface area contributed by atoms with Crippen LogP contribution in [0.3, 0.4) is 0 Å². The number of piperazine rings is 1. The molecular weight excluding hydrogens is 552 g/mol. The number of methoxy groups -OCH3 is 3. The minimum Gasteiger partial charge on any atom is -0.493 e. The number of thiophene rings is 1. The van der Waals surface area contributed by atoms with Gasteiger partial charge in [-0.25, -0.2) is 0 Å². The summed E-state index contributed by atoms with van der Waals surface area (Å²) in [4.78, 5) is 4.17. The molecule has 2 heterocycles. The molecule has 4 rings (SSSR count). The Morgan fingerprint density at radius 1 is 0.907 bits per heavy atom. The fourth-order valence-corrected chi connectivity index (χ4v) is 7.59. The number of nitrogens with zero attached hydrogens (tertiary/aromatic N) is 1. The number of rotatable bonds is 17. The van der Waals surface area contributed by atoms with Crippen LogP contribution in [0.2, 0.25) is 0 Å². The van der Waals surface area contributed by atoms with E-state index in [0.717, 1.165) is 43.9 Å². The van der Waals surface area contributed by atoms with Crippen LogP contribution in [0.25, 0.3) is 0 Å². The zero-order valence-electron chi connectivity index (χ0n) is 27.4. The van der Waals surface area contributed by atoms with Gasteiger partial charge >= 0.3 is 0 Å². The van der Waals surface area contributed by atoms with Crippen molar-refractivity contribution in [3.8, 4) is 17.2 Å². The number of hydrogen-bond acceptors (Lipinski definition) is 6. The van der Waals surface area contributed by atoms with E-state index in [0.29, 0.717) is 23.5 Å². The van der Waals surface area contributed by atoms with Crippen LogP contribution >= 0.6 is 11.3 Å². The van der Waals surface area contributed by atoms with Crippen molar-refractivity contribution in [2.75, 3.05) is 41.0 Å². The van der Waals surface area contributed by atoms with Gasteiger partial charge in [-0.3, -0.25) is 4.90 Å². The Morgan fingerprint density at radius 3 is 2.35 bits per heavy atom. The van der Waals surface area contributed by atoms with Gasteiger partial charge in [-0.05, 0) is 72.1 Å². The average Bonchev–Trinajstić information content (AvgIpc) is 3.49. The largest absolute Gasteiger partial charge is 0.493 e. The molecule has 236 valence electrons. The predicted molar refractivity (Wildman–Crippen MR) is 181 cm³/mol. The molecule has 1 N–H and O–H groups in total. The molecule has 43 heavy (non-hydrogen) atoms. The number of ether oxygens (including phenoxy) is 3. The van der Waals surface area contributed by atoms with Crippen LogP contribution in [0.15, 0.2) is 53.9 Å². The van der Waals surface area contributed by atoms with Crippen molar-refractivity contribution < 1.29 is 14.2 Å². The highest BCUT2D eigenvalue weighted by Crippen LogP contribution is 2.45. The quantitative estimate of drug-likeness (QED) is 0.156. The average molecular weight is 607 g/mol. The normalized spacial score (nSPS) is 16.7. The highest BCUT2D eigenvalue weighted by molar-refractivity contribution is 7.10. The smallest absolute Gasteiger partial charge is 0.203 e. The van der Waals surface area contributed by atoms with E-state index >= 15 is 0 Å². The second kappa shape index (κ2) is 16.5.